The summed E-state index contributed by atoms with van der Waals surface area (Å²) < 4.78 is 11.1. The predicted octanol–water partition coefficient (Wildman–Crippen LogP) is 3.48. The van der Waals surface area contributed by atoms with Gasteiger partial charge in [-0.2, -0.15) is 0 Å². The molecule has 0 spiro atoms. The Balaban J connectivity index is 1.52. The van der Waals surface area contributed by atoms with Crippen molar-refractivity contribution in [1.29, 1.82) is 0 Å². The average Bonchev–Trinajstić information content (AvgIpc) is 2.86. The number of hydrogen-bond acceptors (Lipinski definition) is 6. The standard InChI is InChI=1S/C26H30N4O4/c1-3-4-17-34-22-14-12-20(18-23(22)33-2)25-28-26(32)21(29-30-25)13-15-24(31)27-16-8-11-19-9-6-5-7-10-19/h3,5-7,9-10,12,14,18H,1,4,8,11,13,15-17H2,2H3,(H,27,31)(H,28,30,32). The van der Waals surface area contributed by atoms with Crippen LogP contribution in [0.2, 0.25) is 0 Å². The van der Waals surface area contributed by atoms with Gasteiger partial charge in [-0.25, -0.2) is 0 Å². The number of ether oxygens (including phenoxy) is 2. The quantitative estimate of drug-likeness (QED) is 0.298. The lowest BCUT2D eigenvalue weighted by Gasteiger charge is -2.11. The molecule has 2 aromatic carbocycles. The predicted molar refractivity (Wildman–Crippen MR) is 131 cm³/mol. The highest BCUT2D eigenvalue weighted by atomic mass is 16.5. The lowest BCUT2D eigenvalue weighted by Crippen LogP contribution is -2.26. The first-order valence-corrected chi connectivity index (χ1v) is 11.3. The van der Waals surface area contributed by atoms with Crippen molar-refractivity contribution in [2.45, 2.75) is 32.1 Å². The van der Waals surface area contributed by atoms with Crippen molar-refractivity contribution in [2.24, 2.45) is 0 Å². The molecule has 0 radical (unpaired) electrons. The monoisotopic (exact) mass is 462 g/mol. The Bertz CT molecular complexity index is 1150. The van der Waals surface area contributed by atoms with E-state index in [0.29, 0.717) is 36.0 Å². The molecule has 1 heterocycles. The zero-order chi connectivity index (χ0) is 24.2. The van der Waals surface area contributed by atoms with Crippen molar-refractivity contribution in [2.75, 3.05) is 20.3 Å². The summed E-state index contributed by atoms with van der Waals surface area (Å²) in [6.07, 6.45) is 4.64. The van der Waals surface area contributed by atoms with Gasteiger partial charge < -0.3 is 19.8 Å². The van der Waals surface area contributed by atoms with E-state index < -0.39 is 0 Å². The van der Waals surface area contributed by atoms with Crippen LogP contribution in [0.4, 0.5) is 0 Å². The summed E-state index contributed by atoms with van der Waals surface area (Å²) in [5, 5.41) is 11.1. The maximum absolute atomic E-state index is 12.5. The number of aromatic nitrogens is 3. The minimum Gasteiger partial charge on any atom is -0.493 e. The van der Waals surface area contributed by atoms with E-state index >= 15 is 0 Å². The van der Waals surface area contributed by atoms with Gasteiger partial charge >= 0.3 is 0 Å². The third kappa shape index (κ3) is 7.30. The highest BCUT2D eigenvalue weighted by Crippen LogP contribution is 2.31. The Morgan fingerprint density at radius 2 is 1.94 bits per heavy atom. The van der Waals surface area contributed by atoms with Gasteiger partial charge in [-0.3, -0.25) is 9.59 Å². The van der Waals surface area contributed by atoms with Gasteiger partial charge in [0.1, 0.15) is 5.69 Å². The van der Waals surface area contributed by atoms with Crippen LogP contribution >= 0.6 is 0 Å². The molecule has 0 aliphatic carbocycles. The van der Waals surface area contributed by atoms with Gasteiger partial charge in [0.05, 0.1) is 13.7 Å². The van der Waals surface area contributed by atoms with Crippen LogP contribution in [0.1, 0.15) is 30.5 Å². The average molecular weight is 463 g/mol. The Labute approximate surface area is 199 Å². The Hall–Kier alpha value is -3.94. The largest absolute Gasteiger partial charge is 0.493 e. The molecule has 0 unspecified atom stereocenters. The molecule has 3 aromatic rings. The molecule has 0 fully saturated rings. The van der Waals surface area contributed by atoms with Crippen molar-refractivity contribution in [3.05, 3.63) is 82.8 Å². The number of aryl methyl sites for hydroxylation is 2. The first-order chi connectivity index (χ1) is 16.6. The van der Waals surface area contributed by atoms with Gasteiger partial charge in [-0.1, -0.05) is 36.4 Å². The molecule has 0 saturated carbocycles. The minimum atomic E-state index is -0.368. The number of nitrogens with one attached hydrogen (secondary N) is 2. The van der Waals surface area contributed by atoms with Gasteiger partial charge in [0.25, 0.3) is 5.56 Å². The smallest absolute Gasteiger partial charge is 0.273 e. The van der Waals surface area contributed by atoms with Crippen molar-refractivity contribution < 1.29 is 14.3 Å². The van der Waals surface area contributed by atoms with Gasteiger partial charge in [0.2, 0.25) is 5.91 Å². The SMILES string of the molecule is C=CCCOc1ccc(-c2nnc(CCC(=O)NCCCc3ccccc3)c(=O)[nH]2)cc1OC. The second-order valence-electron chi connectivity index (χ2n) is 7.68. The lowest BCUT2D eigenvalue weighted by molar-refractivity contribution is -0.121. The van der Waals surface area contributed by atoms with Crippen LogP contribution in [0.3, 0.4) is 0 Å². The second-order valence-corrected chi connectivity index (χ2v) is 7.68. The molecule has 0 saturated heterocycles. The molecular formula is C26H30N4O4. The second kappa shape index (κ2) is 12.9. The summed E-state index contributed by atoms with van der Waals surface area (Å²) >= 11 is 0. The number of nitrogens with zero attached hydrogens (tertiary/aromatic N) is 2. The summed E-state index contributed by atoms with van der Waals surface area (Å²) in [4.78, 5) is 27.3. The number of amides is 1. The van der Waals surface area contributed by atoms with E-state index in [1.54, 1.807) is 31.4 Å². The topological polar surface area (TPSA) is 106 Å². The maximum Gasteiger partial charge on any atom is 0.273 e. The van der Waals surface area contributed by atoms with Crippen LogP contribution in [0.25, 0.3) is 11.4 Å². The first kappa shape index (κ1) is 24.7. The highest BCUT2D eigenvalue weighted by molar-refractivity contribution is 5.76. The summed E-state index contributed by atoms with van der Waals surface area (Å²) in [5.41, 5.74) is 1.73. The third-order valence-corrected chi connectivity index (χ3v) is 5.18. The number of carbonyl (C=O) groups excluding carboxylic acids is 1. The first-order valence-electron chi connectivity index (χ1n) is 11.3. The van der Waals surface area contributed by atoms with Crippen molar-refractivity contribution in [1.82, 2.24) is 20.5 Å². The van der Waals surface area contributed by atoms with E-state index in [9.17, 15) is 9.59 Å². The van der Waals surface area contributed by atoms with Crippen LogP contribution in [0.5, 0.6) is 11.5 Å². The zero-order valence-corrected chi connectivity index (χ0v) is 19.4. The molecule has 178 valence electrons. The Morgan fingerprint density at radius 3 is 2.68 bits per heavy atom. The molecule has 0 aliphatic heterocycles. The molecule has 2 N–H and O–H groups in total. The van der Waals surface area contributed by atoms with Gasteiger partial charge in [0, 0.05) is 24.9 Å². The Kier molecular flexibility index (Phi) is 9.40. The van der Waals surface area contributed by atoms with Gasteiger partial charge in [0.15, 0.2) is 17.3 Å². The van der Waals surface area contributed by atoms with Crippen molar-refractivity contribution >= 4 is 5.91 Å². The minimum absolute atomic E-state index is 0.116. The molecule has 34 heavy (non-hydrogen) atoms. The van der Waals surface area contributed by atoms with E-state index in [4.69, 9.17) is 9.47 Å². The summed E-state index contributed by atoms with van der Waals surface area (Å²) in [5.74, 6) is 1.32. The van der Waals surface area contributed by atoms with Gasteiger partial charge in [-0.15, -0.1) is 16.8 Å². The van der Waals surface area contributed by atoms with E-state index in [1.807, 2.05) is 18.2 Å². The molecule has 3 rings (SSSR count). The molecule has 1 amide bonds. The number of aromatic amines is 1. The highest BCUT2D eigenvalue weighted by Gasteiger charge is 2.12. The van der Waals surface area contributed by atoms with Gasteiger partial charge in [-0.05, 0) is 43.0 Å². The molecule has 8 heteroatoms. The molecule has 0 atom stereocenters. The molecular weight excluding hydrogens is 432 g/mol. The van der Waals surface area contributed by atoms with E-state index in [-0.39, 0.29) is 30.0 Å². The number of carbonyl (C=O) groups is 1. The van der Waals surface area contributed by atoms with Crippen LogP contribution in [0, 0.1) is 0 Å². The molecule has 0 bridgehead atoms. The van der Waals surface area contributed by atoms with Crippen LogP contribution in [-0.4, -0.2) is 41.3 Å². The molecule has 0 aliphatic rings. The number of H-pyrrole nitrogens is 1. The van der Waals surface area contributed by atoms with Crippen molar-refractivity contribution in [3.8, 4) is 22.9 Å². The van der Waals surface area contributed by atoms with E-state index in [1.165, 1.54) is 5.56 Å². The van der Waals surface area contributed by atoms with Crippen LogP contribution in [0.15, 0.2) is 66.0 Å². The normalized spacial score (nSPS) is 10.5. The summed E-state index contributed by atoms with van der Waals surface area (Å²) in [6.45, 7) is 4.75. The van der Waals surface area contributed by atoms with Crippen molar-refractivity contribution in [3.63, 3.8) is 0 Å². The van der Waals surface area contributed by atoms with E-state index in [0.717, 1.165) is 19.3 Å². The number of rotatable bonds is 13. The molecule has 8 nitrogen and oxygen atoms in total. The Morgan fingerprint density at radius 1 is 1.12 bits per heavy atom. The van der Waals surface area contributed by atoms with E-state index in [2.05, 4.69) is 39.2 Å². The zero-order valence-electron chi connectivity index (χ0n) is 19.4. The fourth-order valence-electron chi connectivity index (χ4n) is 3.33. The maximum atomic E-state index is 12.5. The van der Waals surface area contributed by atoms with Crippen LogP contribution in [-0.2, 0) is 17.6 Å². The molecule has 1 aromatic heterocycles. The summed E-state index contributed by atoms with van der Waals surface area (Å²) in [7, 11) is 1.55. The number of hydrogen-bond donors (Lipinski definition) is 2. The number of methoxy groups -OCH3 is 1. The van der Waals surface area contributed by atoms with Crippen LogP contribution < -0.4 is 20.3 Å². The fourth-order valence-corrected chi connectivity index (χ4v) is 3.33. The lowest BCUT2D eigenvalue weighted by atomic mass is 10.1. The number of benzene rings is 2. The third-order valence-electron chi connectivity index (χ3n) is 5.18. The summed E-state index contributed by atoms with van der Waals surface area (Å²) in [6, 6.07) is 15.4. The fraction of sp³-hybridized carbons (Fsp3) is 0.308.